The highest BCUT2D eigenvalue weighted by atomic mass is 16.6. The van der Waals surface area contributed by atoms with Gasteiger partial charge in [0, 0.05) is 17.5 Å². The van der Waals surface area contributed by atoms with Gasteiger partial charge in [-0.15, -0.1) is 6.58 Å². The highest BCUT2D eigenvalue weighted by Crippen LogP contribution is 2.28. The van der Waals surface area contributed by atoms with E-state index in [-0.39, 0.29) is 11.8 Å². The molecule has 0 saturated carbocycles. The van der Waals surface area contributed by atoms with Crippen molar-refractivity contribution in [1.82, 2.24) is 0 Å². The first-order valence-corrected chi connectivity index (χ1v) is 7.23. The first-order valence-electron chi connectivity index (χ1n) is 7.23. The van der Waals surface area contributed by atoms with Gasteiger partial charge in [0.15, 0.2) is 5.71 Å². The zero-order valence-electron chi connectivity index (χ0n) is 13.0. The maximum atomic E-state index is 9.31. The minimum absolute atomic E-state index is 0.217. The minimum Gasteiger partial charge on any atom is -0.485 e. The number of benzene rings is 2. The van der Waals surface area contributed by atoms with Crippen molar-refractivity contribution >= 4 is 5.71 Å². The zero-order valence-corrected chi connectivity index (χ0v) is 13.0. The van der Waals surface area contributed by atoms with Gasteiger partial charge in [-0.1, -0.05) is 53.7 Å². The van der Waals surface area contributed by atoms with E-state index in [9.17, 15) is 5.26 Å². The zero-order chi connectivity index (χ0) is 16.5. The fraction of sp³-hybridized carbons (Fsp3) is 0.158. The van der Waals surface area contributed by atoms with Crippen LogP contribution in [0.25, 0.3) is 0 Å². The van der Waals surface area contributed by atoms with Gasteiger partial charge in [-0.05, 0) is 12.1 Å². The molecule has 1 atom stereocenters. The van der Waals surface area contributed by atoms with Crippen molar-refractivity contribution in [3.05, 3.63) is 78.4 Å². The van der Waals surface area contributed by atoms with Crippen LogP contribution < -0.4 is 4.74 Å². The van der Waals surface area contributed by atoms with Crippen molar-refractivity contribution in [3.8, 4) is 11.8 Å². The van der Waals surface area contributed by atoms with Crippen molar-refractivity contribution in [3.63, 3.8) is 0 Å². The maximum Gasteiger partial charge on any atom is 0.187 e. The second kappa shape index (κ2) is 8.40. The average molecular weight is 306 g/mol. The number of hydrogen-bond donors (Lipinski definition) is 0. The normalized spacial score (nSPS) is 12.1. The molecule has 2 aromatic rings. The number of oxime groups is 1. The molecule has 0 radical (unpaired) electrons. The van der Waals surface area contributed by atoms with Gasteiger partial charge in [-0.3, -0.25) is 0 Å². The summed E-state index contributed by atoms with van der Waals surface area (Å²) < 4.78 is 6.08. The van der Waals surface area contributed by atoms with Crippen LogP contribution in [0.5, 0.6) is 5.75 Å². The summed E-state index contributed by atoms with van der Waals surface area (Å²) in [4.78, 5) is 4.77. The van der Waals surface area contributed by atoms with Crippen molar-refractivity contribution < 1.29 is 9.57 Å². The monoisotopic (exact) mass is 306 g/mol. The van der Waals surface area contributed by atoms with E-state index in [1.54, 1.807) is 6.08 Å². The van der Waals surface area contributed by atoms with Gasteiger partial charge in [-0.2, -0.15) is 5.26 Å². The quantitative estimate of drug-likeness (QED) is 0.436. The van der Waals surface area contributed by atoms with E-state index < -0.39 is 0 Å². The lowest BCUT2D eigenvalue weighted by Crippen LogP contribution is -2.12. The molecule has 4 nitrogen and oxygen atoms in total. The molecule has 116 valence electrons. The third-order valence-electron chi connectivity index (χ3n) is 3.25. The molecule has 0 fully saturated rings. The van der Waals surface area contributed by atoms with Crippen LogP contribution in [0.15, 0.2) is 72.4 Å². The second-order valence-corrected chi connectivity index (χ2v) is 4.77. The number of nitriles is 1. The van der Waals surface area contributed by atoms with Gasteiger partial charge in [0.1, 0.15) is 25.0 Å². The lowest BCUT2D eigenvalue weighted by molar-refractivity contribution is 0.207. The molecule has 0 saturated heterocycles. The molecule has 1 unspecified atom stereocenters. The summed E-state index contributed by atoms with van der Waals surface area (Å²) in [5.41, 5.74) is 1.78. The maximum absolute atomic E-state index is 9.31. The number of ether oxygens (including phenoxy) is 1. The molecule has 0 N–H and O–H groups in total. The Balaban J connectivity index is 2.42. The molecule has 0 spiro atoms. The van der Waals surface area contributed by atoms with E-state index in [0.29, 0.717) is 12.0 Å². The standard InChI is InChI=1S/C19H18N2O2/c1-3-9-19(23-15-10-5-4-6-11-15)17-13-8-7-12-16(17)18(14-20)21-22-2/h3-8,10-13,19H,1,9H2,2H3/b21-18-. The Kier molecular flexibility index (Phi) is 5.96. The first-order chi connectivity index (χ1) is 11.3. The Hall–Kier alpha value is -3.06. The summed E-state index contributed by atoms with van der Waals surface area (Å²) >= 11 is 0. The van der Waals surface area contributed by atoms with Gasteiger partial charge in [0.05, 0.1) is 0 Å². The second-order valence-electron chi connectivity index (χ2n) is 4.77. The number of hydrogen-bond acceptors (Lipinski definition) is 4. The Labute approximate surface area is 136 Å². The molecule has 0 aromatic heterocycles. The van der Waals surface area contributed by atoms with Gasteiger partial charge in [0.2, 0.25) is 0 Å². The fourth-order valence-electron chi connectivity index (χ4n) is 2.27. The third kappa shape index (κ3) is 4.21. The summed E-state index contributed by atoms with van der Waals surface area (Å²) in [6.45, 7) is 3.80. The lowest BCUT2D eigenvalue weighted by Gasteiger charge is -2.20. The van der Waals surface area contributed by atoms with E-state index in [1.807, 2.05) is 54.6 Å². The summed E-state index contributed by atoms with van der Waals surface area (Å²) in [6, 6.07) is 19.1. The van der Waals surface area contributed by atoms with Crippen molar-refractivity contribution in [2.45, 2.75) is 12.5 Å². The van der Waals surface area contributed by atoms with E-state index >= 15 is 0 Å². The van der Waals surface area contributed by atoms with Gasteiger partial charge >= 0.3 is 0 Å². The molecule has 0 bridgehead atoms. The van der Waals surface area contributed by atoms with Crippen LogP contribution in [0.4, 0.5) is 0 Å². The van der Waals surface area contributed by atoms with E-state index in [1.165, 1.54) is 7.11 Å². The van der Waals surface area contributed by atoms with Crippen LogP contribution in [0.2, 0.25) is 0 Å². The Bertz CT molecular complexity index is 718. The van der Waals surface area contributed by atoms with Crippen molar-refractivity contribution in [2.75, 3.05) is 7.11 Å². The molecule has 0 amide bonds. The fourth-order valence-corrected chi connectivity index (χ4v) is 2.27. The minimum atomic E-state index is -0.262. The van der Waals surface area contributed by atoms with Crippen LogP contribution >= 0.6 is 0 Å². The van der Waals surface area contributed by atoms with Crippen LogP contribution in [0.1, 0.15) is 23.7 Å². The predicted molar refractivity (Wildman–Crippen MR) is 90.2 cm³/mol. The molecular formula is C19H18N2O2. The summed E-state index contributed by atoms with van der Waals surface area (Å²) in [5.74, 6) is 0.761. The largest absolute Gasteiger partial charge is 0.485 e. The predicted octanol–water partition coefficient (Wildman–Crippen LogP) is 4.26. The Morgan fingerprint density at radius 3 is 2.57 bits per heavy atom. The molecule has 0 heterocycles. The smallest absolute Gasteiger partial charge is 0.187 e. The molecule has 0 aliphatic heterocycles. The molecule has 2 rings (SSSR count). The average Bonchev–Trinajstić information content (AvgIpc) is 2.60. The van der Waals surface area contributed by atoms with Crippen molar-refractivity contribution in [2.24, 2.45) is 5.16 Å². The summed E-state index contributed by atoms with van der Waals surface area (Å²) in [6.07, 6.45) is 2.14. The molecule has 23 heavy (non-hydrogen) atoms. The lowest BCUT2D eigenvalue weighted by atomic mass is 9.97. The highest BCUT2D eigenvalue weighted by Gasteiger charge is 2.19. The van der Waals surface area contributed by atoms with Gasteiger partial charge < -0.3 is 9.57 Å². The van der Waals surface area contributed by atoms with Gasteiger partial charge in [-0.25, -0.2) is 0 Å². The SMILES string of the molecule is C=CCC(Oc1ccccc1)c1ccccc1/C(C#N)=N\OC. The number of para-hydroxylation sites is 1. The Morgan fingerprint density at radius 1 is 1.22 bits per heavy atom. The molecule has 4 heteroatoms. The Morgan fingerprint density at radius 2 is 1.91 bits per heavy atom. The van der Waals surface area contributed by atoms with Gasteiger partial charge in [0.25, 0.3) is 0 Å². The van der Waals surface area contributed by atoms with Crippen molar-refractivity contribution in [1.29, 1.82) is 5.26 Å². The van der Waals surface area contributed by atoms with E-state index in [4.69, 9.17) is 9.57 Å². The van der Waals surface area contributed by atoms with Crippen LogP contribution in [-0.2, 0) is 4.84 Å². The van der Waals surface area contributed by atoms with E-state index in [2.05, 4.69) is 17.8 Å². The first kappa shape index (κ1) is 16.3. The van der Waals surface area contributed by atoms with Crippen LogP contribution in [-0.4, -0.2) is 12.8 Å². The summed E-state index contributed by atoms with van der Waals surface area (Å²) in [5, 5.41) is 13.1. The molecule has 0 aliphatic carbocycles. The molecular weight excluding hydrogens is 288 g/mol. The topological polar surface area (TPSA) is 54.6 Å². The molecule has 0 aliphatic rings. The highest BCUT2D eigenvalue weighted by molar-refractivity contribution is 6.12. The van der Waals surface area contributed by atoms with Crippen LogP contribution in [0.3, 0.4) is 0 Å². The number of nitrogens with zero attached hydrogens (tertiary/aromatic N) is 2. The van der Waals surface area contributed by atoms with E-state index in [0.717, 1.165) is 11.3 Å². The molecule has 2 aromatic carbocycles. The number of rotatable bonds is 7. The summed E-state index contributed by atoms with van der Waals surface area (Å²) in [7, 11) is 1.42. The van der Waals surface area contributed by atoms with Crippen LogP contribution in [0, 0.1) is 11.3 Å². The third-order valence-corrected chi connectivity index (χ3v) is 3.25.